The molecular weight excluding hydrogens is 454 g/mol. The van der Waals surface area contributed by atoms with Crippen molar-refractivity contribution in [2.75, 3.05) is 17.8 Å². The number of aromatic nitrogens is 5. The molecule has 0 spiro atoms. The van der Waals surface area contributed by atoms with Gasteiger partial charge in [-0.3, -0.25) is 4.79 Å². The van der Waals surface area contributed by atoms with Gasteiger partial charge in [0.25, 0.3) is 0 Å². The van der Waals surface area contributed by atoms with Crippen molar-refractivity contribution in [2.45, 2.75) is 31.7 Å². The lowest BCUT2D eigenvalue weighted by atomic mass is 9.85. The summed E-state index contributed by atoms with van der Waals surface area (Å²) in [4.78, 5) is 30.0. The van der Waals surface area contributed by atoms with Crippen molar-refractivity contribution >= 4 is 61.2 Å². The molecule has 0 saturated heterocycles. The number of anilines is 2. The van der Waals surface area contributed by atoms with E-state index < -0.39 is 0 Å². The van der Waals surface area contributed by atoms with Crippen LogP contribution in [0.25, 0.3) is 21.4 Å². The second-order valence-electron chi connectivity index (χ2n) is 7.89. The van der Waals surface area contributed by atoms with Crippen molar-refractivity contribution in [2.24, 2.45) is 5.92 Å². The molecule has 3 N–H and O–H groups in total. The number of nitrogens with two attached hydrogens (primary N) is 1. The Morgan fingerprint density at radius 2 is 1.94 bits per heavy atom. The molecule has 12 heteroatoms. The Balaban J connectivity index is 1.14. The molecule has 1 fully saturated rings. The number of carbonyl (C=O) groups excluding carboxylic acids is 1. The first-order chi connectivity index (χ1) is 15.5. The summed E-state index contributed by atoms with van der Waals surface area (Å²) in [6.07, 6.45) is 4.89. The Morgan fingerprint density at radius 1 is 1.16 bits per heavy atom. The minimum Gasteiger partial charge on any atom is -0.454 e. The number of ether oxygens (including phenoxy) is 2. The Bertz CT molecular complexity index is 1320. The average molecular weight is 472 g/mol. The molecular formula is C20H18ClN7O3S. The van der Waals surface area contributed by atoms with E-state index >= 15 is 0 Å². The van der Waals surface area contributed by atoms with E-state index in [-0.39, 0.29) is 35.8 Å². The number of fused-ring (bicyclic) bond motifs is 3. The molecule has 0 unspecified atom stereocenters. The maximum absolute atomic E-state index is 12.9. The second kappa shape index (κ2) is 7.45. The minimum absolute atomic E-state index is 0.00681. The van der Waals surface area contributed by atoms with E-state index in [1.807, 2.05) is 16.7 Å². The summed E-state index contributed by atoms with van der Waals surface area (Å²) in [6.45, 7) is 0.223. The molecule has 10 nitrogen and oxygen atoms in total. The molecule has 3 aromatic heterocycles. The van der Waals surface area contributed by atoms with Crippen LogP contribution in [0.2, 0.25) is 5.28 Å². The van der Waals surface area contributed by atoms with Crippen LogP contribution in [0.3, 0.4) is 0 Å². The monoisotopic (exact) mass is 471 g/mol. The maximum atomic E-state index is 12.9. The fourth-order valence-corrected chi connectivity index (χ4v) is 5.42. The van der Waals surface area contributed by atoms with Crippen molar-refractivity contribution < 1.29 is 14.3 Å². The molecule has 0 bridgehead atoms. The highest BCUT2D eigenvalue weighted by Gasteiger charge is 2.29. The maximum Gasteiger partial charge on any atom is 0.231 e. The minimum atomic E-state index is -0.0759. The molecule has 1 aliphatic carbocycles. The third-order valence-electron chi connectivity index (χ3n) is 5.99. The largest absolute Gasteiger partial charge is 0.454 e. The zero-order chi connectivity index (χ0) is 21.8. The molecule has 6 rings (SSSR count). The first-order valence-corrected chi connectivity index (χ1v) is 11.4. The van der Waals surface area contributed by atoms with Crippen molar-refractivity contribution in [3.63, 3.8) is 0 Å². The van der Waals surface area contributed by atoms with Gasteiger partial charge < -0.3 is 25.1 Å². The highest BCUT2D eigenvalue weighted by molar-refractivity contribution is 7.22. The van der Waals surface area contributed by atoms with E-state index in [1.165, 1.54) is 11.3 Å². The van der Waals surface area contributed by atoms with Gasteiger partial charge in [0.15, 0.2) is 28.1 Å². The molecule has 1 amide bonds. The summed E-state index contributed by atoms with van der Waals surface area (Å²) in [7, 11) is 0. The summed E-state index contributed by atoms with van der Waals surface area (Å²) in [6, 6.07) is 3.92. The molecule has 32 heavy (non-hydrogen) atoms. The van der Waals surface area contributed by atoms with Crippen LogP contribution in [0.15, 0.2) is 18.5 Å². The number of benzene rings is 1. The van der Waals surface area contributed by atoms with Crippen LogP contribution >= 0.6 is 22.9 Å². The molecule has 164 valence electrons. The summed E-state index contributed by atoms with van der Waals surface area (Å²) < 4.78 is 13.7. The van der Waals surface area contributed by atoms with Gasteiger partial charge in [-0.15, -0.1) is 0 Å². The Morgan fingerprint density at radius 3 is 2.75 bits per heavy atom. The van der Waals surface area contributed by atoms with Gasteiger partial charge in [0, 0.05) is 24.1 Å². The van der Waals surface area contributed by atoms with E-state index in [9.17, 15) is 4.79 Å². The van der Waals surface area contributed by atoms with Crippen molar-refractivity contribution in [3.8, 4) is 11.5 Å². The lowest BCUT2D eigenvalue weighted by molar-refractivity contribution is -0.120. The van der Waals surface area contributed by atoms with Crippen LogP contribution in [0.4, 0.5) is 10.9 Å². The number of nitrogens with one attached hydrogen (secondary N) is 1. The fourth-order valence-electron chi connectivity index (χ4n) is 4.37. The van der Waals surface area contributed by atoms with E-state index in [4.69, 9.17) is 26.8 Å². The number of hydrogen-bond donors (Lipinski definition) is 2. The topological polar surface area (TPSA) is 130 Å². The number of amides is 1. The summed E-state index contributed by atoms with van der Waals surface area (Å²) in [5, 5.41) is 3.67. The summed E-state index contributed by atoms with van der Waals surface area (Å²) in [5.74, 6) is 1.57. The third kappa shape index (κ3) is 3.28. The number of nitrogens with zero attached hydrogens (tertiary/aromatic N) is 5. The quantitative estimate of drug-likeness (QED) is 0.432. The lowest BCUT2D eigenvalue weighted by Gasteiger charge is -2.28. The van der Waals surface area contributed by atoms with Crippen LogP contribution in [-0.2, 0) is 4.79 Å². The normalized spacial score (nSPS) is 20.2. The van der Waals surface area contributed by atoms with Crippen LogP contribution < -0.4 is 20.5 Å². The first kappa shape index (κ1) is 19.5. The molecule has 2 aliphatic rings. The van der Waals surface area contributed by atoms with Crippen LogP contribution in [-0.4, -0.2) is 37.2 Å². The smallest absolute Gasteiger partial charge is 0.231 e. The molecule has 0 atom stereocenters. The zero-order valence-corrected chi connectivity index (χ0v) is 18.3. The molecule has 0 radical (unpaired) electrons. The molecule has 4 heterocycles. The van der Waals surface area contributed by atoms with Gasteiger partial charge in [-0.2, -0.15) is 9.97 Å². The van der Waals surface area contributed by atoms with Crippen molar-refractivity contribution in [1.82, 2.24) is 24.5 Å². The number of halogens is 1. The van der Waals surface area contributed by atoms with Gasteiger partial charge in [-0.25, -0.2) is 9.97 Å². The lowest BCUT2D eigenvalue weighted by Crippen LogP contribution is -2.28. The Hall–Kier alpha value is -3.18. The van der Waals surface area contributed by atoms with Gasteiger partial charge >= 0.3 is 0 Å². The standard InChI is InChI=1S/C20H18ClN7O3S/c21-19-25-16(22)15-17(26-19)28(7-23-15)10-3-1-9(2-4-10)18(29)27-20-24-11-5-12-13(31-8-30-12)6-14(11)32-20/h5-7,9-10H,1-4,8H2,(H2,22,25,26)(H,24,27,29)/t9-,10+. The number of imidazole rings is 1. The zero-order valence-electron chi connectivity index (χ0n) is 16.7. The van der Waals surface area contributed by atoms with Gasteiger partial charge in [-0.1, -0.05) is 11.3 Å². The Kier molecular flexibility index (Phi) is 4.54. The predicted molar refractivity (Wildman–Crippen MR) is 120 cm³/mol. The van der Waals surface area contributed by atoms with Crippen LogP contribution in [0, 0.1) is 5.92 Å². The van der Waals surface area contributed by atoms with Crippen molar-refractivity contribution in [1.29, 1.82) is 0 Å². The van der Waals surface area contributed by atoms with Gasteiger partial charge in [0.1, 0.15) is 5.52 Å². The fraction of sp³-hybridized carbons (Fsp3) is 0.350. The molecule has 1 saturated carbocycles. The van der Waals surface area contributed by atoms with Gasteiger partial charge in [0.2, 0.25) is 18.0 Å². The SMILES string of the molecule is Nc1nc(Cl)nc2c1ncn2[C@H]1CC[C@@H](C(=O)Nc2nc3cc4c(cc3s2)OCO4)CC1. The predicted octanol–water partition coefficient (Wildman–Crippen LogP) is 3.77. The van der Waals surface area contributed by atoms with E-state index in [1.54, 1.807) is 6.33 Å². The molecule has 4 aromatic rings. The van der Waals surface area contributed by atoms with E-state index in [0.717, 1.165) is 35.9 Å². The van der Waals surface area contributed by atoms with Crippen LogP contribution in [0.1, 0.15) is 31.7 Å². The molecule has 1 aliphatic heterocycles. The summed E-state index contributed by atoms with van der Waals surface area (Å²) in [5.41, 5.74) is 7.87. The number of rotatable bonds is 3. The van der Waals surface area contributed by atoms with E-state index in [2.05, 4.69) is 25.3 Å². The van der Waals surface area contributed by atoms with Gasteiger partial charge in [-0.05, 0) is 37.3 Å². The third-order valence-corrected chi connectivity index (χ3v) is 7.10. The highest BCUT2D eigenvalue weighted by Crippen LogP contribution is 2.40. The average Bonchev–Trinajstić information content (AvgIpc) is 3.49. The second-order valence-corrected chi connectivity index (χ2v) is 9.26. The Labute approximate surface area is 190 Å². The number of carbonyl (C=O) groups is 1. The van der Waals surface area contributed by atoms with Crippen molar-refractivity contribution in [3.05, 3.63) is 23.7 Å². The van der Waals surface area contributed by atoms with Crippen LogP contribution in [0.5, 0.6) is 11.5 Å². The van der Waals surface area contributed by atoms with Gasteiger partial charge in [0.05, 0.1) is 16.5 Å². The highest BCUT2D eigenvalue weighted by atomic mass is 35.5. The number of nitrogen functional groups attached to an aromatic ring is 1. The van der Waals surface area contributed by atoms with E-state index in [0.29, 0.717) is 27.8 Å². The number of thiazole rings is 1. The summed E-state index contributed by atoms with van der Waals surface area (Å²) >= 11 is 7.41. The number of hydrogen-bond acceptors (Lipinski definition) is 9. The molecule has 1 aromatic carbocycles. The first-order valence-electron chi connectivity index (χ1n) is 10.2.